The van der Waals surface area contributed by atoms with Crippen molar-refractivity contribution in [3.63, 3.8) is 0 Å². The van der Waals surface area contributed by atoms with Gasteiger partial charge in [-0.1, -0.05) is 24.3 Å². The molecule has 0 spiro atoms. The third-order valence-corrected chi connectivity index (χ3v) is 2.90. The molecule has 6 heteroatoms. The fraction of sp³-hybridized carbons (Fsp3) is 0.188. The number of carboxylic acid groups (broad SMARTS) is 1. The molecule has 5 nitrogen and oxygen atoms in total. The first-order valence-electron chi connectivity index (χ1n) is 6.49. The maximum Gasteiger partial charge on any atom is 1.00 e. The average molecular weight is 307 g/mol. The molecule has 1 aromatic heterocycles. The van der Waals surface area contributed by atoms with Crippen LogP contribution in [0.2, 0.25) is 0 Å². The number of pyridine rings is 1. The Morgan fingerprint density at radius 3 is 2.36 bits per heavy atom. The molecular weight excluding hydrogens is 293 g/mol. The molecule has 0 aliphatic rings. The molecule has 1 aromatic carbocycles. The predicted octanol–water partition coefficient (Wildman–Crippen LogP) is -1.76. The van der Waals surface area contributed by atoms with Crippen molar-refractivity contribution in [2.24, 2.45) is 0 Å². The van der Waals surface area contributed by atoms with E-state index in [0.717, 1.165) is 5.69 Å². The van der Waals surface area contributed by atoms with Gasteiger partial charge in [0.1, 0.15) is 6.10 Å². The summed E-state index contributed by atoms with van der Waals surface area (Å²) in [6.45, 7) is 1.73. The van der Waals surface area contributed by atoms with Crippen molar-refractivity contribution in [1.29, 1.82) is 0 Å². The van der Waals surface area contributed by atoms with Crippen molar-refractivity contribution in [2.75, 3.05) is 0 Å². The molecule has 0 bridgehead atoms. The molecule has 0 aliphatic heterocycles. The van der Waals surface area contributed by atoms with E-state index < -0.39 is 18.0 Å². The van der Waals surface area contributed by atoms with Gasteiger partial charge in [0.25, 0.3) is 0 Å². The van der Waals surface area contributed by atoms with Gasteiger partial charge in [-0.05, 0) is 25.1 Å². The Labute approximate surface area is 150 Å². The van der Waals surface area contributed by atoms with Gasteiger partial charge in [-0.15, -0.1) is 0 Å². The van der Waals surface area contributed by atoms with Crippen LogP contribution in [0.15, 0.2) is 48.7 Å². The van der Waals surface area contributed by atoms with Crippen molar-refractivity contribution in [3.05, 3.63) is 65.5 Å². The van der Waals surface area contributed by atoms with E-state index in [1.807, 2.05) is 12.1 Å². The second kappa shape index (κ2) is 8.68. The molecule has 0 fully saturated rings. The van der Waals surface area contributed by atoms with Crippen LogP contribution in [0.5, 0.6) is 0 Å². The van der Waals surface area contributed by atoms with Gasteiger partial charge in [0, 0.05) is 23.9 Å². The van der Waals surface area contributed by atoms with Crippen molar-refractivity contribution < 1.29 is 49.0 Å². The summed E-state index contributed by atoms with van der Waals surface area (Å²) in [5, 5.41) is 11.0. The third-order valence-electron chi connectivity index (χ3n) is 2.90. The Bertz CT molecular complexity index is 646. The van der Waals surface area contributed by atoms with Gasteiger partial charge < -0.3 is 14.6 Å². The van der Waals surface area contributed by atoms with E-state index in [-0.39, 0.29) is 40.7 Å². The molecule has 1 atom stereocenters. The summed E-state index contributed by atoms with van der Waals surface area (Å²) in [6.07, 6.45) is 1.71. The number of carbonyl (C=O) groups excluding carboxylic acids is 2. The van der Waals surface area contributed by atoms with Crippen LogP contribution in [0, 0.1) is 0 Å². The zero-order valence-corrected chi connectivity index (χ0v) is 14.5. The van der Waals surface area contributed by atoms with Crippen LogP contribution in [0.1, 0.15) is 33.3 Å². The zero-order chi connectivity index (χ0) is 15.2. The minimum atomic E-state index is -1.40. The summed E-state index contributed by atoms with van der Waals surface area (Å²) in [5.41, 5.74) is 0.615. The molecule has 0 amide bonds. The van der Waals surface area contributed by atoms with Crippen LogP contribution in [0.3, 0.4) is 0 Å². The van der Waals surface area contributed by atoms with E-state index >= 15 is 0 Å². The molecule has 0 aliphatic carbocycles. The van der Waals surface area contributed by atoms with E-state index in [4.69, 9.17) is 4.74 Å². The topological polar surface area (TPSA) is 79.3 Å². The number of hydrogen-bond acceptors (Lipinski definition) is 5. The standard InChI is InChI=1S/C16H15NO4.Na/c1-11(10-12-6-4-5-9-17-12)21-16(20)14-8-3-2-7-13(14)15(18)19;/h2-9,11H,10H2,1H3,(H,18,19);/q;+1/p-1/t11-;/m0./s1. The summed E-state index contributed by atoms with van der Waals surface area (Å²) < 4.78 is 5.26. The fourth-order valence-corrected chi connectivity index (χ4v) is 1.94. The van der Waals surface area contributed by atoms with Gasteiger partial charge in [-0.2, -0.15) is 0 Å². The number of hydrogen-bond donors (Lipinski definition) is 0. The van der Waals surface area contributed by atoms with Crippen molar-refractivity contribution in [3.8, 4) is 0 Å². The molecule has 2 rings (SSSR count). The van der Waals surface area contributed by atoms with E-state index in [2.05, 4.69) is 4.98 Å². The monoisotopic (exact) mass is 307 g/mol. The Hall–Kier alpha value is -1.69. The number of esters is 1. The van der Waals surface area contributed by atoms with Gasteiger partial charge in [0.2, 0.25) is 0 Å². The first kappa shape index (κ1) is 18.4. The molecule has 0 unspecified atom stereocenters. The normalized spacial score (nSPS) is 11.1. The van der Waals surface area contributed by atoms with Crippen LogP contribution in [0.25, 0.3) is 0 Å². The van der Waals surface area contributed by atoms with Gasteiger partial charge in [0.15, 0.2) is 0 Å². The Kier molecular flexibility index (Phi) is 7.24. The Morgan fingerprint density at radius 1 is 1.14 bits per heavy atom. The molecule has 2 aromatic rings. The minimum Gasteiger partial charge on any atom is -0.545 e. The SMILES string of the molecule is C[C@@H](Cc1ccccn1)OC(=O)c1ccccc1C(=O)[O-].[Na+]. The minimum absolute atomic E-state index is 0. The Balaban J connectivity index is 0.00000242. The van der Waals surface area contributed by atoms with Crippen LogP contribution in [-0.4, -0.2) is 23.0 Å². The maximum atomic E-state index is 12.0. The van der Waals surface area contributed by atoms with Gasteiger partial charge in [0.05, 0.1) is 11.5 Å². The summed E-state index contributed by atoms with van der Waals surface area (Å²) >= 11 is 0. The molecule has 0 N–H and O–H groups in total. The van der Waals surface area contributed by atoms with Gasteiger partial charge in [-0.3, -0.25) is 4.98 Å². The summed E-state index contributed by atoms with van der Waals surface area (Å²) in [7, 11) is 0. The summed E-state index contributed by atoms with van der Waals surface area (Å²) in [4.78, 5) is 27.2. The molecule has 108 valence electrons. The molecule has 0 saturated carbocycles. The molecule has 1 heterocycles. The third kappa shape index (κ3) is 4.94. The van der Waals surface area contributed by atoms with Gasteiger partial charge in [-0.25, -0.2) is 4.79 Å². The number of carboxylic acids is 1. The zero-order valence-electron chi connectivity index (χ0n) is 12.5. The quantitative estimate of drug-likeness (QED) is 0.483. The average Bonchev–Trinajstić information content (AvgIpc) is 2.48. The summed E-state index contributed by atoms with van der Waals surface area (Å²) in [5.74, 6) is -2.09. The number of aromatic carboxylic acids is 1. The molecule has 0 saturated heterocycles. The number of rotatable bonds is 5. The maximum absolute atomic E-state index is 12.0. The van der Waals surface area contributed by atoms with Crippen LogP contribution >= 0.6 is 0 Å². The number of ether oxygens (including phenoxy) is 1. The second-order valence-electron chi connectivity index (χ2n) is 4.57. The first-order chi connectivity index (χ1) is 10.1. The Morgan fingerprint density at radius 2 is 1.77 bits per heavy atom. The van der Waals surface area contributed by atoms with Gasteiger partial charge >= 0.3 is 35.5 Å². The van der Waals surface area contributed by atoms with Crippen LogP contribution in [0.4, 0.5) is 0 Å². The van der Waals surface area contributed by atoms with E-state index in [1.165, 1.54) is 18.2 Å². The largest absolute Gasteiger partial charge is 1.00 e. The smallest absolute Gasteiger partial charge is 0.545 e. The number of carbonyl (C=O) groups is 2. The molecule has 0 radical (unpaired) electrons. The van der Waals surface area contributed by atoms with Crippen molar-refractivity contribution in [1.82, 2.24) is 4.98 Å². The number of benzene rings is 1. The van der Waals surface area contributed by atoms with Crippen LogP contribution in [-0.2, 0) is 11.2 Å². The fourth-order valence-electron chi connectivity index (χ4n) is 1.94. The number of nitrogens with zero attached hydrogens (tertiary/aromatic N) is 1. The van der Waals surface area contributed by atoms with E-state index in [9.17, 15) is 14.7 Å². The van der Waals surface area contributed by atoms with E-state index in [0.29, 0.717) is 6.42 Å². The summed E-state index contributed by atoms with van der Waals surface area (Å²) in [6, 6.07) is 11.3. The number of aromatic nitrogens is 1. The second-order valence-corrected chi connectivity index (χ2v) is 4.57. The van der Waals surface area contributed by atoms with E-state index in [1.54, 1.807) is 25.3 Å². The molecular formula is C16H14NNaO4. The molecule has 22 heavy (non-hydrogen) atoms. The van der Waals surface area contributed by atoms with Crippen molar-refractivity contribution in [2.45, 2.75) is 19.4 Å². The first-order valence-corrected chi connectivity index (χ1v) is 6.49. The predicted molar refractivity (Wildman–Crippen MR) is 73.6 cm³/mol. The van der Waals surface area contributed by atoms with Crippen molar-refractivity contribution >= 4 is 11.9 Å². The van der Waals surface area contributed by atoms with Crippen LogP contribution < -0.4 is 34.7 Å².